The van der Waals surface area contributed by atoms with Crippen LogP contribution in [0, 0.1) is 5.41 Å². The van der Waals surface area contributed by atoms with Crippen molar-refractivity contribution in [2.75, 3.05) is 12.8 Å². The van der Waals surface area contributed by atoms with Crippen LogP contribution >= 0.6 is 0 Å². The number of carbonyl (C=O) groups is 2. The molecule has 0 fully saturated rings. The van der Waals surface area contributed by atoms with Crippen LogP contribution in [0.15, 0.2) is 42.5 Å². The third-order valence-electron chi connectivity index (χ3n) is 3.96. The predicted octanol–water partition coefficient (Wildman–Crippen LogP) is 3.63. The maximum Gasteiger partial charge on any atom is 0.309 e. The first-order chi connectivity index (χ1) is 11.2. The van der Waals surface area contributed by atoms with E-state index in [9.17, 15) is 9.59 Å². The molecule has 0 aliphatic rings. The number of methoxy groups -OCH3 is 1. The number of carbonyl (C=O) groups excluding carboxylic acids is 1. The SMILES string of the molecule is COc1cc(-c2ccc(C(=O)CC(C)(C)C(=O)O)cc2)ccc1N. The smallest absolute Gasteiger partial charge is 0.309 e. The summed E-state index contributed by atoms with van der Waals surface area (Å²) in [5, 5.41) is 9.13. The number of ketones is 1. The van der Waals surface area contributed by atoms with E-state index in [2.05, 4.69) is 0 Å². The van der Waals surface area contributed by atoms with Gasteiger partial charge in [-0.2, -0.15) is 0 Å². The van der Waals surface area contributed by atoms with Crippen LogP contribution in [0.25, 0.3) is 11.1 Å². The Morgan fingerprint density at radius 2 is 1.67 bits per heavy atom. The monoisotopic (exact) mass is 327 g/mol. The van der Waals surface area contributed by atoms with Gasteiger partial charge in [-0.15, -0.1) is 0 Å². The number of nitrogen functional groups attached to an aromatic ring is 1. The highest BCUT2D eigenvalue weighted by atomic mass is 16.5. The molecule has 0 radical (unpaired) electrons. The van der Waals surface area contributed by atoms with Crippen LogP contribution < -0.4 is 10.5 Å². The van der Waals surface area contributed by atoms with Gasteiger partial charge in [-0.05, 0) is 37.1 Å². The zero-order valence-electron chi connectivity index (χ0n) is 14.0. The minimum Gasteiger partial charge on any atom is -0.495 e. The van der Waals surface area contributed by atoms with Gasteiger partial charge < -0.3 is 15.6 Å². The van der Waals surface area contributed by atoms with E-state index in [1.165, 1.54) is 0 Å². The van der Waals surface area contributed by atoms with Crippen LogP contribution in [-0.2, 0) is 4.79 Å². The maximum absolute atomic E-state index is 12.3. The lowest BCUT2D eigenvalue weighted by molar-refractivity contribution is -0.146. The zero-order chi connectivity index (χ0) is 17.9. The molecule has 0 amide bonds. The highest BCUT2D eigenvalue weighted by molar-refractivity contribution is 5.99. The lowest BCUT2D eigenvalue weighted by Gasteiger charge is -2.17. The third-order valence-corrected chi connectivity index (χ3v) is 3.96. The molecule has 0 aromatic heterocycles. The van der Waals surface area contributed by atoms with Crippen molar-refractivity contribution in [3.63, 3.8) is 0 Å². The quantitative estimate of drug-likeness (QED) is 0.624. The fraction of sp³-hybridized carbons (Fsp3) is 0.263. The van der Waals surface area contributed by atoms with Gasteiger partial charge in [0.15, 0.2) is 5.78 Å². The average Bonchev–Trinajstić information content (AvgIpc) is 2.55. The number of aliphatic carboxylic acids is 1. The second-order valence-electron chi connectivity index (χ2n) is 6.32. The van der Waals surface area contributed by atoms with E-state index in [4.69, 9.17) is 15.6 Å². The molecular formula is C19H21NO4. The third kappa shape index (κ3) is 3.74. The largest absolute Gasteiger partial charge is 0.495 e. The molecule has 0 saturated heterocycles. The number of hydrogen-bond donors (Lipinski definition) is 2. The minimum atomic E-state index is -1.08. The minimum absolute atomic E-state index is 0.0443. The first kappa shape index (κ1) is 17.5. The maximum atomic E-state index is 12.3. The summed E-state index contributed by atoms with van der Waals surface area (Å²) in [6.45, 7) is 3.09. The van der Waals surface area contributed by atoms with Crippen LogP contribution in [0.5, 0.6) is 5.75 Å². The second-order valence-corrected chi connectivity index (χ2v) is 6.32. The number of Topliss-reactive ketones (excluding diaryl/α,β-unsaturated/α-hetero) is 1. The molecule has 24 heavy (non-hydrogen) atoms. The van der Waals surface area contributed by atoms with Gasteiger partial charge in [0, 0.05) is 12.0 Å². The molecule has 3 N–H and O–H groups in total. The standard InChI is InChI=1S/C19H21NO4/c1-19(2,18(22)23)11-16(21)13-6-4-12(5-7-13)14-8-9-15(20)17(10-14)24-3/h4-10H,11,20H2,1-3H3,(H,22,23). The summed E-state index contributed by atoms with van der Waals surface area (Å²) >= 11 is 0. The molecule has 5 heteroatoms. The highest BCUT2D eigenvalue weighted by Crippen LogP contribution is 2.29. The van der Waals surface area contributed by atoms with Gasteiger partial charge in [0.1, 0.15) is 5.75 Å². The van der Waals surface area contributed by atoms with Crippen molar-refractivity contribution in [2.24, 2.45) is 5.41 Å². The van der Waals surface area contributed by atoms with E-state index in [-0.39, 0.29) is 12.2 Å². The molecule has 2 aromatic rings. The molecule has 126 valence electrons. The van der Waals surface area contributed by atoms with Crippen molar-refractivity contribution in [3.8, 4) is 16.9 Å². The molecule has 0 spiro atoms. The average molecular weight is 327 g/mol. The van der Waals surface area contributed by atoms with Gasteiger partial charge in [0.25, 0.3) is 0 Å². The van der Waals surface area contributed by atoms with Crippen LogP contribution in [0.4, 0.5) is 5.69 Å². The van der Waals surface area contributed by atoms with Gasteiger partial charge in [-0.25, -0.2) is 0 Å². The number of ether oxygens (including phenoxy) is 1. The lowest BCUT2D eigenvalue weighted by Crippen LogP contribution is -2.26. The Morgan fingerprint density at radius 3 is 2.21 bits per heavy atom. The highest BCUT2D eigenvalue weighted by Gasteiger charge is 2.30. The van der Waals surface area contributed by atoms with Crippen molar-refractivity contribution in [1.29, 1.82) is 0 Å². The number of benzene rings is 2. The first-order valence-electron chi connectivity index (χ1n) is 7.55. The number of nitrogens with two attached hydrogens (primary N) is 1. The van der Waals surface area contributed by atoms with Crippen LogP contribution in [0.2, 0.25) is 0 Å². The molecule has 0 heterocycles. The Balaban J connectivity index is 2.22. The van der Waals surface area contributed by atoms with E-state index in [0.29, 0.717) is 17.0 Å². The molecule has 2 aromatic carbocycles. The zero-order valence-corrected chi connectivity index (χ0v) is 14.0. The summed E-state index contributed by atoms with van der Waals surface area (Å²) in [5.74, 6) is -0.582. The first-order valence-corrected chi connectivity index (χ1v) is 7.55. The fourth-order valence-electron chi connectivity index (χ4n) is 2.32. The topological polar surface area (TPSA) is 89.6 Å². The summed E-state index contributed by atoms with van der Waals surface area (Å²) in [5.41, 5.74) is 7.62. The molecule has 5 nitrogen and oxygen atoms in total. The predicted molar refractivity (Wildman–Crippen MR) is 93.2 cm³/mol. The van der Waals surface area contributed by atoms with Crippen LogP contribution in [0.1, 0.15) is 30.6 Å². The van der Waals surface area contributed by atoms with Gasteiger partial charge >= 0.3 is 5.97 Å². The van der Waals surface area contributed by atoms with E-state index < -0.39 is 11.4 Å². The Morgan fingerprint density at radius 1 is 1.08 bits per heavy atom. The summed E-state index contributed by atoms with van der Waals surface area (Å²) in [7, 11) is 1.56. The lowest BCUT2D eigenvalue weighted by atomic mass is 9.85. The Labute approximate surface area is 141 Å². The van der Waals surface area contributed by atoms with Crippen molar-refractivity contribution >= 4 is 17.4 Å². The van der Waals surface area contributed by atoms with E-state index >= 15 is 0 Å². The van der Waals surface area contributed by atoms with Gasteiger partial charge in [-0.3, -0.25) is 9.59 Å². The normalized spacial score (nSPS) is 11.1. The van der Waals surface area contributed by atoms with Crippen molar-refractivity contribution in [3.05, 3.63) is 48.0 Å². The molecule has 0 atom stereocenters. The summed E-state index contributed by atoms with van der Waals surface area (Å²) in [4.78, 5) is 23.4. The Hall–Kier alpha value is -2.82. The summed E-state index contributed by atoms with van der Waals surface area (Å²) in [6, 6.07) is 12.5. The number of rotatable bonds is 6. The second kappa shape index (κ2) is 6.74. The van der Waals surface area contributed by atoms with Gasteiger partial charge in [0.2, 0.25) is 0 Å². The summed E-state index contributed by atoms with van der Waals surface area (Å²) < 4.78 is 5.21. The van der Waals surface area contributed by atoms with Gasteiger partial charge in [0.05, 0.1) is 18.2 Å². The number of carboxylic acids is 1. The van der Waals surface area contributed by atoms with Crippen molar-refractivity contribution < 1.29 is 19.4 Å². The van der Waals surface area contributed by atoms with Gasteiger partial charge in [-0.1, -0.05) is 30.3 Å². The Kier molecular flexibility index (Phi) is 4.93. The van der Waals surface area contributed by atoms with Crippen molar-refractivity contribution in [2.45, 2.75) is 20.3 Å². The molecule has 2 rings (SSSR count). The molecule has 0 aliphatic carbocycles. The van der Waals surface area contributed by atoms with Crippen LogP contribution in [0.3, 0.4) is 0 Å². The van der Waals surface area contributed by atoms with E-state index in [0.717, 1.165) is 11.1 Å². The number of carboxylic acid groups (broad SMARTS) is 1. The molecule has 0 bridgehead atoms. The molecule has 0 unspecified atom stereocenters. The molecular weight excluding hydrogens is 306 g/mol. The number of anilines is 1. The molecule has 0 aliphatic heterocycles. The molecule has 0 saturated carbocycles. The fourth-order valence-corrected chi connectivity index (χ4v) is 2.32. The van der Waals surface area contributed by atoms with Crippen molar-refractivity contribution in [1.82, 2.24) is 0 Å². The van der Waals surface area contributed by atoms with Crippen LogP contribution in [-0.4, -0.2) is 24.0 Å². The summed E-state index contributed by atoms with van der Waals surface area (Å²) in [6.07, 6.45) is -0.0443. The van der Waals surface area contributed by atoms with E-state index in [1.54, 1.807) is 39.2 Å². The Bertz CT molecular complexity index is 763. The number of hydrogen-bond acceptors (Lipinski definition) is 4. The van der Waals surface area contributed by atoms with E-state index in [1.807, 2.05) is 24.3 Å².